The lowest BCUT2D eigenvalue weighted by atomic mass is 9.95. The van der Waals surface area contributed by atoms with E-state index >= 15 is 0 Å². The molecule has 0 bridgehead atoms. The molecule has 3 heterocycles. The number of amides is 1. The Morgan fingerprint density at radius 1 is 1.16 bits per heavy atom. The molecule has 1 unspecified atom stereocenters. The van der Waals surface area contributed by atoms with Crippen LogP contribution in [0.25, 0.3) is 10.2 Å². The first-order chi connectivity index (χ1) is 15.5. The van der Waals surface area contributed by atoms with Crippen LogP contribution in [0.1, 0.15) is 27.9 Å². The zero-order valence-electron chi connectivity index (χ0n) is 17.2. The van der Waals surface area contributed by atoms with Crippen molar-refractivity contribution in [1.29, 1.82) is 0 Å². The van der Waals surface area contributed by atoms with Crippen molar-refractivity contribution in [2.75, 3.05) is 12.0 Å². The van der Waals surface area contributed by atoms with Gasteiger partial charge >= 0.3 is 0 Å². The third-order valence-corrected chi connectivity index (χ3v) is 6.34. The van der Waals surface area contributed by atoms with E-state index in [0.717, 1.165) is 4.70 Å². The van der Waals surface area contributed by atoms with Crippen LogP contribution in [0.5, 0.6) is 5.75 Å². The van der Waals surface area contributed by atoms with E-state index in [4.69, 9.17) is 9.15 Å². The number of rotatable bonds is 5. The fourth-order valence-electron chi connectivity index (χ4n) is 3.80. The van der Waals surface area contributed by atoms with Gasteiger partial charge in [-0.1, -0.05) is 41.7 Å². The molecule has 0 fully saturated rings. The number of anilines is 1. The van der Waals surface area contributed by atoms with Crippen LogP contribution in [0.4, 0.5) is 5.13 Å². The van der Waals surface area contributed by atoms with Gasteiger partial charge in [0, 0.05) is 0 Å². The van der Waals surface area contributed by atoms with Crippen molar-refractivity contribution in [2.24, 2.45) is 0 Å². The van der Waals surface area contributed by atoms with Gasteiger partial charge in [0.1, 0.15) is 11.5 Å². The molecule has 1 aliphatic rings. The largest absolute Gasteiger partial charge is 0.503 e. The number of fused-ring (bicyclic) bond motifs is 1. The van der Waals surface area contributed by atoms with Crippen molar-refractivity contribution in [2.45, 2.75) is 13.0 Å². The van der Waals surface area contributed by atoms with E-state index in [1.165, 1.54) is 22.3 Å². The van der Waals surface area contributed by atoms with E-state index in [-0.39, 0.29) is 11.3 Å². The number of aliphatic hydroxyl groups is 1. The van der Waals surface area contributed by atoms with E-state index in [9.17, 15) is 14.7 Å². The summed E-state index contributed by atoms with van der Waals surface area (Å²) >= 11 is 1.28. The number of aromatic nitrogens is 1. The molecule has 5 rings (SSSR count). The van der Waals surface area contributed by atoms with Crippen molar-refractivity contribution in [1.82, 2.24) is 4.98 Å². The van der Waals surface area contributed by atoms with Crippen LogP contribution >= 0.6 is 11.3 Å². The van der Waals surface area contributed by atoms with Gasteiger partial charge in [0.25, 0.3) is 5.91 Å². The topological polar surface area (TPSA) is 92.9 Å². The molecule has 32 heavy (non-hydrogen) atoms. The molecule has 7 nitrogen and oxygen atoms in total. The first-order valence-corrected chi connectivity index (χ1v) is 10.7. The number of aryl methyl sites for hydroxylation is 1. The van der Waals surface area contributed by atoms with Crippen LogP contribution in [-0.2, 0) is 4.79 Å². The molecule has 8 heteroatoms. The summed E-state index contributed by atoms with van der Waals surface area (Å²) in [4.78, 5) is 32.5. The number of hydrogen-bond acceptors (Lipinski definition) is 7. The Morgan fingerprint density at radius 2 is 1.94 bits per heavy atom. The summed E-state index contributed by atoms with van der Waals surface area (Å²) in [5.74, 6) is -0.529. The SMILES string of the molecule is COc1ccc2nc(N3C(=O)C(O)=C(C(=O)c4ccc(C)o4)C3c3ccccc3)sc2c1. The molecule has 2 aromatic carbocycles. The number of carbonyl (C=O) groups excluding carboxylic acids is 2. The van der Waals surface area contributed by atoms with Crippen molar-refractivity contribution in [3.05, 3.63) is 89.1 Å². The fraction of sp³-hybridized carbons (Fsp3) is 0.125. The van der Waals surface area contributed by atoms with Gasteiger partial charge in [-0.05, 0) is 42.8 Å². The highest BCUT2D eigenvalue weighted by molar-refractivity contribution is 7.22. The molecule has 0 saturated carbocycles. The van der Waals surface area contributed by atoms with Gasteiger partial charge in [0.15, 0.2) is 16.7 Å². The Kier molecular flexibility index (Phi) is 4.79. The van der Waals surface area contributed by atoms with E-state index in [2.05, 4.69) is 4.98 Å². The molecule has 1 amide bonds. The van der Waals surface area contributed by atoms with Crippen molar-refractivity contribution in [3.63, 3.8) is 0 Å². The number of hydrogen-bond donors (Lipinski definition) is 1. The summed E-state index contributed by atoms with van der Waals surface area (Å²) in [6.07, 6.45) is 0. The molecule has 0 radical (unpaired) electrons. The number of nitrogens with zero attached hydrogens (tertiary/aromatic N) is 2. The number of furan rings is 1. The van der Waals surface area contributed by atoms with Gasteiger partial charge in [-0.25, -0.2) is 4.98 Å². The lowest BCUT2D eigenvalue weighted by Gasteiger charge is -2.24. The average Bonchev–Trinajstić information content (AvgIpc) is 3.49. The Labute approximate surface area is 187 Å². The number of ether oxygens (including phenoxy) is 1. The van der Waals surface area contributed by atoms with Crippen molar-refractivity contribution >= 4 is 38.4 Å². The number of carbonyl (C=O) groups is 2. The predicted octanol–water partition coefficient (Wildman–Crippen LogP) is 4.99. The summed E-state index contributed by atoms with van der Waals surface area (Å²) in [5.41, 5.74) is 1.33. The molecule has 160 valence electrons. The monoisotopic (exact) mass is 446 g/mol. The van der Waals surface area contributed by atoms with Crippen LogP contribution in [-0.4, -0.2) is 28.9 Å². The molecule has 4 aromatic rings. The van der Waals surface area contributed by atoms with Crippen molar-refractivity contribution < 1.29 is 23.8 Å². The zero-order valence-corrected chi connectivity index (χ0v) is 18.1. The molecule has 1 N–H and O–H groups in total. The summed E-state index contributed by atoms with van der Waals surface area (Å²) in [5, 5.41) is 11.2. The third kappa shape index (κ3) is 3.16. The number of Topliss-reactive ketones (excluding diaryl/α,β-unsaturated/α-hetero) is 1. The molecule has 1 aliphatic heterocycles. The summed E-state index contributed by atoms with van der Waals surface area (Å²) in [6.45, 7) is 1.72. The minimum atomic E-state index is -0.843. The molecule has 0 saturated heterocycles. The van der Waals surface area contributed by atoms with Gasteiger partial charge in [0.05, 0.1) is 28.9 Å². The van der Waals surface area contributed by atoms with Crippen LogP contribution < -0.4 is 9.64 Å². The van der Waals surface area contributed by atoms with Crippen molar-refractivity contribution in [3.8, 4) is 5.75 Å². The maximum atomic E-state index is 13.3. The van der Waals surface area contributed by atoms with Gasteiger partial charge in [0.2, 0.25) is 5.78 Å². The summed E-state index contributed by atoms with van der Waals surface area (Å²) in [6, 6.07) is 16.9. The summed E-state index contributed by atoms with van der Waals surface area (Å²) < 4.78 is 11.6. The highest BCUT2D eigenvalue weighted by Crippen LogP contribution is 2.44. The maximum Gasteiger partial charge on any atom is 0.296 e. The molecule has 0 spiro atoms. The second-order valence-corrected chi connectivity index (χ2v) is 8.33. The smallest absolute Gasteiger partial charge is 0.296 e. The quantitative estimate of drug-likeness (QED) is 0.434. The van der Waals surface area contributed by atoms with E-state index in [0.29, 0.717) is 27.7 Å². The van der Waals surface area contributed by atoms with Gasteiger partial charge in [-0.2, -0.15) is 0 Å². The second-order valence-electron chi connectivity index (χ2n) is 7.32. The van der Waals surface area contributed by atoms with E-state index in [1.54, 1.807) is 44.4 Å². The normalized spacial score (nSPS) is 16.2. The molecular weight excluding hydrogens is 428 g/mol. The van der Waals surface area contributed by atoms with Crippen LogP contribution in [0.3, 0.4) is 0 Å². The second kappa shape index (κ2) is 7.65. The van der Waals surface area contributed by atoms with E-state index in [1.807, 2.05) is 24.3 Å². The molecular formula is C24H18N2O5S. The van der Waals surface area contributed by atoms with Gasteiger partial charge in [-0.15, -0.1) is 0 Å². The minimum Gasteiger partial charge on any atom is -0.503 e. The predicted molar refractivity (Wildman–Crippen MR) is 120 cm³/mol. The molecule has 2 aromatic heterocycles. The number of ketones is 1. The highest BCUT2D eigenvalue weighted by atomic mass is 32.1. The first kappa shape index (κ1) is 20.0. The lowest BCUT2D eigenvalue weighted by Crippen LogP contribution is -2.30. The number of thiazole rings is 1. The van der Waals surface area contributed by atoms with E-state index < -0.39 is 23.5 Å². The Hall–Kier alpha value is -3.91. The summed E-state index contributed by atoms with van der Waals surface area (Å²) in [7, 11) is 1.58. The van der Waals surface area contributed by atoms with Gasteiger partial charge < -0.3 is 14.3 Å². The van der Waals surface area contributed by atoms with Crippen LogP contribution in [0.15, 0.2) is 76.4 Å². The third-order valence-electron chi connectivity index (χ3n) is 5.32. The standard InChI is InChI=1S/C24H18N2O5S/c1-13-8-11-17(31-13)21(27)19-20(14-6-4-3-5-7-14)26(23(29)22(19)28)24-25-16-10-9-15(30-2)12-18(16)32-24/h3-12,20,28H,1-2H3. The minimum absolute atomic E-state index is 0.0348. The first-order valence-electron chi connectivity index (χ1n) is 9.85. The maximum absolute atomic E-state index is 13.3. The Balaban J connectivity index is 1.66. The number of aliphatic hydroxyl groups excluding tert-OH is 1. The molecule has 0 aliphatic carbocycles. The number of benzene rings is 2. The molecule has 1 atom stereocenters. The zero-order chi connectivity index (χ0) is 22.4. The number of methoxy groups -OCH3 is 1. The highest BCUT2D eigenvalue weighted by Gasteiger charge is 2.46. The lowest BCUT2D eigenvalue weighted by molar-refractivity contribution is -0.117. The van der Waals surface area contributed by atoms with Crippen LogP contribution in [0, 0.1) is 6.92 Å². The Morgan fingerprint density at radius 3 is 2.62 bits per heavy atom. The fourth-order valence-corrected chi connectivity index (χ4v) is 4.82. The Bertz CT molecular complexity index is 1390. The van der Waals surface area contributed by atoms with Gasteiger partial charge in [-0.3, -0.25) is 14.5 Å². The average molecular weight is 446 g/mol. The van der Waals surface area contributed by atoms with Crippen LogP contribution in [0.2, 0.25) is 0 Å².